The van der Waals surface area contributed by atoms with Crippen LogP contribution in [0.5, 0.6) is 5.75 Å². The van der Waals surface area contributed by atoms with Crippen molar-refractivity contribution in [3.05, 3.63) is 48.5 Å². The van der Waals surface area contributed by atoms with Crippen molar-refractivity contribution in [2.45, 2.75) is 0 Å². The molecule has 1 atom stereocenters. The van der Waals surface area contributed by atoms with Crippen LogP contribution in [-0.2, 0) is 4.57 Å². The normalized spacial score (nSPS) is 11.6. The van der Waals surface area contributed by atoms with E-state index in [0.717, 1.165) is 16.4 Å². The summed E-state index contributed by atoms with van der Waals surface area (Å²) >= 11 is 0. The van der Waals surface area contributed by atoms with Crippen LogP contribution in [0.3, 0.4) is 0 Å². The zero-order valence-electron chi connectivity index (χ0n) is 9.47. The largest absolute Gasteiger partial charge is 0.507 e. The summed E-state index contributed by atoms with van der Waals surface area (Å²) in [5.74, 6) is 0.221. The van der Waals surface area contributed by atoms with Crippen LogP contribution in [0.4, 0.5) is 0 Å². The first-order valence-corrected chi connectivity index (χ1v) is 6.99. The van der Waals surface area contributed by atoms with Crippen LogP contribution in [0.25, 0.3) is 11.1 Å². The predicted octanol–water partition coefficient (Wildman–Crippen LogP) is 2.87. The smallest absolute Gasteiger partial charge is 0.123 e. The molecule has 86 valence electrons. The Bertz CT molecular complexity index is 540. The van der Waals surface area contributed by atoms with E-state index in [9.17, 15) is 9.67 Å². The van der Waals surface area contributed by atoms with Gasteiger partial charge in [-0.05, 0) is 18.3 Å². The molecule has 0 saturated heterocycles. The van der Waals surface area contributed by atoms with Crippen molar-refractivity contribution in [2.24, 2.45) is 0 Å². The van der Waals surface area contributed by atoms with Crippen LogP contribution in [-0.4, -0.2) is 11.8 Å². The molecule has 4 heteroatoms. The number of benzene rings is 2. The van der Waals surface area contributed by atoms with Gasteiger partial charge in [-0.2, -0.15) is 0 Å². The molecular formula is C13H13O2PU. The first-order chi connectivity index (χ1) is 7.70. The Morgan fingerprint density at radius 2 is 1.47 bits per heavy atom. The van der Waals surface area contributed by atoms with Crippen LogP contribution < -0.4 is 5.30 Å². The van der Waals surface area contributed by atoms with Crippen molar-refractivity contribution in [1.82, 2.24) is 0 Å². The summed E-state index contributed by atoms with van der Waals surface area (Å²) in [4.78, 5) is 0. The van der Waals surface area contributed by atoms with Gasteiger partial charge in [-0.25, -0.2) is 0 Å². The monoisotopic (exact) mass is 470 g/mol. The van der Waals surface area contributed by atoms with Gasteiger partial charge in [-0.15, -0.1) is 0 Å². The summed E-state index contributed by atoms with van der Waals surface area (Å²) in [7, 11) is -1.77. The number of phenols is 1. The summed E-state index contributed by atoms with van der Waals surface area (Å²) in [6.45, 7) is 1.71. The second kappa shape index (κ2) is 6.45. The molecule has 2 rings (SSSR count). The van der Waals surface area contributed by atoms with Gasteiger partial charge in [0.25, 0.3) is 0 Å². The quantitative estimate of drug-likeness (QED) is 0.686. The molecule has 2 aromatic rings. The van der Waals surface area contributed by atoms with Crippen molar-refractivity contribution in [3.63, 3.8) is 0 Å². The van der Waals surface area contributed by atoms with E-state index in [-0.39, 0.29) is 36.9 Å². The number of hydrogen-bond acceptors (Lipinski definition) is 2. The first kappa shape index (κ1) is 14.6. The van der Waals surface area contributed by atoms with E-state index < -0.39 is 7.80 Å². The van der Waals surface area contributed by atoms with Crippen molar-refractivity contribution in [2.75, 3.05) is 6.66 Å². The first-order valence-electron chi connectivity index (χ1n) is 5.08. The third-order valence-electron chi connectivity index (χ3n) is 2.50. The van der Waals surface area contributed by atoms with Gasteiger partial charge in [0.1, 0.15) is 13.6 Å². The number of para-hydroxylation sites is 1. The summed E-state index contributed by atoms with van der Waals surface area (Å²) < 4.78 is 11.7. The minimum absolute atomic E-state index is 0. The van der Waals surface area contributed by atoms with Gasteiger partial charge in [0.2, 0.25) is 0 Å². The molecule has 0 radical (unpaired) electrons. The molecule has 0 fully saturated rings. The van der Waals surface area contributed by atoms with Crippen LogP contribution in [0.1, 0.15) is 0 Å². The fourth-order valence-electron chi connectivity index (χ4n) is 1.73. The Hall–Kier alpha value is -0.478. The molecule has 0 amide bonds. The van der Waals surface area contributed by atoms with Crippen LogP contribution in [0.2, 0.25) is 0 Å². The Labute approximate surface area is 125 Å². The maximum Gasteiger partial charge on any atom is 0.123 e. The topological polar surface area (TPSA) is 37.3 Å². The third-order valence-corrected chi connectivity index (χ3v) is 3.70. The van der Waals surface area contributed by atoms with Gasteiger partial charge in [-0.1, -0.05) is 42.5 Å². The Balaban J connectivity index is 0.00000144. The second-order valence-electron chi connectivity index (χ2n) is 3.62. The van der Waals surface area contributed by atoms with Crippen molar-refractivity contribution < 1.29 is 40.8 Å². The molecule has 0 unspecified atom stereocenters. The average molecular weight is 470 g/mol. The maximum absolute atomic E-state index is 11.7. The molecule has 0 aliphatic heterocycles. The molecule has 0 spiro atoms. The van der Waals surface area contributed by atoms with E-state index in [1.165, 1.54) is 0 Å². The molecule has 0 heterocycles. The van der Waals surface area contributed by atoms with Gasteiger partial charge in [0, 0.05) is 42.0 Å². The summed E-state index contributed by atoms with van der Waals surface area (Å²) in [6, 6.07) is 14.6. The molecule has 0 aliphatic carbocycles. The van der Waals surface area contributed by atoms with E-state index in [4.69, 9.17) is 0 Å². The molecule has 2 aromatic carbocycles. The fourth-order valence-corrected chi connectivity index (χ4v) is 2.65. The summed E-state index contributed by atoms with van der Waals surface area (Å²) in [6.07, 6.45) is 0. The van der Waals surface area contributed by atoms with Crippen molar-refractivity contribution in [3.8, 4) is 16.9 Å². The molecule has 0 aliphatic rings. The minimum atomic E-state index is -1.77. The summed E-state index contributed by atoms with van der Waals surface area (Å²) in [5, 5.41) is 10.6. The molecule has 0 saturated carbocycles. The molecule has 17 heavy (non-hydrogen) atoms. The molecule has 2 nitrogen and oxygen atoms in total. The van der Waals surface area contributed by atoms with Gasteiger partial charge in [-0.3, -0.25) is 0 Å². The number of rotatable bonds is 2. The predicted molar refractivity (Wildman–Crippen MR) is 68.1 cm³/mol. The third kappa shape index (κ3) is 3.26. The number of phenolic OH excluding ortho intramolecular Hbond substituents is 1. The fraction of sp³-hybridized carbons (Fsp3) is 0.0769. The van der Waals surface area contributed by atoms with Crippen molar-refractivity contribution >= 4 is 13.1 Å². The second-order valence-corrected chi connectivity index (χ2v) is 5.27. The van der Waals surface area contributed by atoms with Gasteiger partial charge in [0.05, 0.1) is 0 Å². The van der Waals surface area contributed by atoms with Crippen molar-refractivity contribution in [1.29, 1.82) is 0 Å². The van der Waals surface area contributed by atoms with Gasteiger partial charge < -0.3 is 9.67 Å². The number of aromatic hydroxyl groups is 1. The van der Waals surface area contributed by atoms with E-state index in [2.05, 4.69) is 0 Å². The average Bonchev–Trinajstić information content (AvgIpc) is 2.29. The SMILES string of the molecule is C[P@H](=O)c1ccccc1-c1ccccc1O.[U]. The molecular weight excluding hydrogens is 457 g/mol. The maximum atomic E-state index is 11.7. The van der Waals surface area contributed by atoms with Crippen LogP contribution in [0.15, 0.2) is 48.5 Å². The van der Waals surface area contributed by atoms with Crippen LogP contribution >= 0.6 is 7.80 Å². The van der Waals surface area contributed by atoms with Gasteiger partial charge >= 0.3 is 0 Å². The van der Waals surface area contributed by atoms with E-state index in [1.807, 2.05) is 36.4 Å². The summed E-state index contributed by atoms with van der Waals surface area (Å²) in [5.41, 5.74) is 1.59. The standard InChI is InChI=1S/C13H13O2P.U/c1-16(15)13-9-5-3-7-11(13)10-6-2-4-8-12(10)14;/h2-9,14,16H,1H3;. The molecule has 1 N–H and O–H groups in total. The Morgan fingerprint density at radius 3 is 2.06 bits per heavy atom. The Kier molecular flexibility index (Phi) is 5.54. The zero-order valence-corrected chi connectivity index (χ0v) is 14.6. The molecule has 0 aromatic heterocycles. The number of hydrogen-bond donors (Lipinski definition) is 1. The van der Waals surface area contributed by atoms with Gasteiger partial charge in [0.15, 0.2) is 0 Å². The Morgan fingerprint density at radius 1 is 0.941 bits per heavy atom. The van der Waals surface area contributed by atoms with E-state index >= 15 is 0 Å². The zero-order chi connectivity index (χ0) is 11.5. The van der Waals surface area contributed by atoms with E-state index in [1.54, 1.807) is 18.8 Å². The molecule has 0 bridgehead atoms. The van der Waals surface area contributed by atoms with E-state index in [0.29, 0.717) is 0 Å². The van der Waals surface area contributed by atoms with Crippen LogP contribution in [0, 0.1) is 31.1 Å². The minimum Gasteiger partial charge on any atom is -0.507 e.